The number of halogens is 1. The molecular formula is C10H14BrN3O. The van der Waals surface area contributed by atoms with E-state index in [0.29, 0.717) is 11.7 Å². The summed E-state index contributed by atoms with van der Waals surface area (Å²) in [5.41, 5.74) is 6.56. The zero-order valence-electron chi connectivity index (χ0n) is 8.45. The van der Waals surface area contributed by atoms with Gasteiger partial charge in [0.1, 0.15) is 0 Å². The molecule has 0 amide bonds. The Kier molecular flexibility index (Phi) is 3.53. The number of hydrogen-bond acceptors (Lipinski definition) is 4. The lowest BCUT2D eigenvalue weighted by Gasteiger charge is -2.21. The summed E-state index contributed by atoms with van der Waals surface area (Å²) < 4.78 is 6.25. The first-order valence-corrected chi connectivity index (χ1v) is 5.90. The Labute approximate surface area is 97.3 Å². The minimum atomic E-state index is 0.443. The molecule has 2 rings (SSSR count). The predicted molar refractivity (Wildman–Crippen MR) is 61.4 cm³/mol. The van der Waals surface area contributed by atoms with Crippen LogP contribution < -0.4 is 5.73 Å². The first-order chi connectivity index (χ1) is 7.25. The highest BCUT2D eigenvalue weighted by Crippen LogP contribution is 2.21. The van der Waals surface area contributed by atoms with E-state index in [1.807, 2.05) is 6.07 Å². The van der Waals surface area contributed by atoms with E-state index < -0.39 is 0 Å². The van der Waals surface area contributed by atoms with Crippen LogP contribution in [0.2, 0.25) is 0 Å². The molecule has 0 saturated carbocycles. The summed E-state index contributed by atoms with van der Waals surface area (Å²) >= 11 is 3.35. The average molecular weight is 272 g/mol. The Bertz CT molecular complexity index is 339. The van der Waals surface area contributed by atoms with Crippen molar-refractivity contribution in [2.45, 2.75) is 19.3 Å². The molecule has 0 aromatic carbocycles. The molecule has 0 bridgehead atoms. The molecule has 82 valence electrons. The lowest BCUT2D eigenvalue weighted by molar-refractivity contribution is 0.0546. The van der Waals surface area contributed by atoms with Crippen molar-refractivity contribution >= 4 is 21.7 Å². The second-order valence-corrected chi connectivity index (χ2v) is 4.71. The SMILES string of the molecule is Nc1nnc(CC2CCCOC2)cc1Br. The molecule has 4 nitrogen and oxygen atoms in total. The molecule has 1 saturated heterocycles. The van der Waals surface area contributed by atoms with E-state index in [1.165, 1.54) is 6.42 Å². The Morgan fingerprint density at radius 2 is 2.40 bits per heavy atom. The quantitative estimate of drug-likeness (QED) is 0.891. The van der Waals surface area contributed by atoms with Crippen molar-refractivity contribution in [3.05, 3.63) is 16.2 Å². The molecular weight excluding hydrogens is 258 g/mol. The predicted octanol–water partition coefficient (Wildman–Crippen LogP) is 1.79. The van der Waals surface area contributed by atoms with Crippen LogP contribution in [-0.4, -0.2) is 23.4 Å². The number of aromatic nitrogens is 2. The van der Waals surface area contributed by atoms with Crippen LogP contribution in [0.5, 0.6) is 0 Å². The van der Waals surface area contributed by atoms with Gasteiger partial charge in [0, 0.05) is 13.2 Å². The van der Waals surface area contributed by atoms with Gasteiger partial charge >= 0.3 is 0 Å². The Hall–Kier alpha value is -0.680. The summed E-state index contributed by atoms with van der Waals surface area (Å²) in [4.78, 5) is 0. The monoisotopic (exact) mass is 271 g/mol. The maximum absolute atomic E-state index is 5.58. The lowest BCUT2D eigenvalue weighted by atomic mass is 9.97. The van der Waals surface area contributed by atoms with Crippen LogP contribution in [0, 0.1) is 5.92 Å². The van der Waals surface area contributed by atoms with Gasteiger partial charge in [-0.1, -0.05) is 0 Å². The van der Waals surface area contributed by atoms with Gasteiger partial charge in [0.15, 0.2) is 5.82 Å². The van der Waals surface area contributed by atoms with Crippen molar-refractivity contribution < 1.29 is 4.74 Å². The third-order valence-electron chi connectivity index (χ3n) is 2.58. The number of nitrogens with zero attached hydrogens (tertiary/aromatic N) is 2. The molecule has 0 spiro atoms. The molecule has 0 aliphatic carbocycles. The van der Waals surface area contributed by atoms with E-state index in [1.54, 1.807) is 0 Å². The minimum Gasteiger partial charge on any atom is -0.381 e. The maximum atomic E-state index is 5.58. The number of nitrogen functional groups attached to an aromatic ring is 1. The maximum Gasteiger partial charge on any atom is 0.160 e. The molecule has 2 heterocycles. The zero-order chi connectivity index (χ0) is 10.7. The van der Waals surface area contributed by atoms with E-state index in [0.717, 1.165) is 36.2 Å². The molecule has 1 fully saturated rings. The summed E-state index contributed by atoms with van der Waals surface area (Å²) in [6.07, 6.45) is 3.28. The Balaban J connectivity index is 2.00. The van der Waals surface area contributed by atoms with E-state index in [2.05, 4.69) is 26.1 Å². The van der Waals surface area contributed by atoms with Crippen molar-refractivity contribution in [1.29, 1.82) is 0 Å². The van der Waals surface area contributed by atoms with Gasteiger partial charge in [-0.25, -0.2) is 0 Å². The van der Waals surface area contributed by atoms with Crippen LogP contribution in [0.3, 0.4) is 0 Å². The highest BCUT2D eigenvalue weighted by molar-refractivity contribution is 9.10. The molecule has 0 radical (unpaired) electrons. The molecule has 1 aromatic rings. The molecule has 15 heavy (non-hydrogen) atoms. The number of rotatable bonds is 2. The van der Waals surface area contributed by atoms with Crippen LogP contribution in [0.4, 0.5) is 5.82 Å². The first kappa shape index (κ1) is 10.8. The highest BCUT2D eigenvalue weighted by atomic mass is 79.9. The van der Waals surface area contributed by atoms with Crippen molar-refractivity contribution in [3.63, 3.8) is 0 Å². The normalized spacial score (nSPS) is 21.5. The third kappa shape index (κ3) is 2.89. The van der Waals surface area contributed by atoms with E-state index in [9.17, 15) is 0 Å². The lowest BCUT2D eigenvalue weighted by Crippen LogP contribution is -2.19. The smallest absolute Gasteiger partial charge is 0.160 e. The fourth-order valence-corrected chi connectivity index (χ4v) is 2.12. The number of nitrogens with two attached hydrogens (primary N) is 1. The van der Waals surface area contributed by atoms with Gasteiger partial charge in [-0.05, 0) is 47.2 Å². The second-order valence-electron chi connectivity index (χ2n) is 3.86. The second kappa shape index (κ2) is 4.90. The van der Waals surface area contributed by atoms with Crippen LogP contribution in [0.25, 0.3) is 0 Å². The molecule has 1 aliphatic rings. The standard InChI is InChI=1S/C10H14BrN3O/c11-9-5-8(13-14-10(9)12)4-7-2-1-3-15-6-7/h5,7H,1-4,6H2,(H2,12,14). The number of hydrogen-bond donors (Lipinski definition) is 1. The van der Waals surface area contributed by atoms with E-state index in [4.69, 9.17) is 10.5 Å². The first-order valence-electron chi connectivity index (χ1n) is 5.11. The van der Waals surface area contributed by atoms with Crippen LogP contribution in [0.15, 0.2) is 10.5 Å². The Morgan fingerprint density at radius 3 is 3.07 bits per heavy atom. The van der Waals surface area contributed by atoms with Gasteiger partial charge in [-0.15, -0.1) is 5.10 Å². The van der Waals surface area contributed by atoms with Crippen LogP contribution in [-0.2, 0) is 11.2 Å². The van der Waals surface area contributed by atoms with Crippen molar-refractivity contribution in [1.82, 2.24) is 10.2 Å². The summed E-state index contributed by atoms with van der Waals surface area (Å²) in [6.45, 7) is 1.73. The zero-order valence-corrected chi connectivity index (χ0v) is 10.0. The summed E-state index contributed by atoms with van der Waals surface area (Å²) in [5.74, 6) is 1.02. The minimum absolute atomic E-state index is 0.443. The van der Waals surface area contributed by atoms with Gasteiger partial charge in [0.05, 0.1) is 10.2 Å². The van der Waals surface area contributed by atoms with Gasteiger partial charge in [-0.3, -0.25) is 0 Å². The molecule has 5 heteroatoms. The fourth-order valence-electron chi connectivity index (χ4n) is 1.78. The van der Waals surface area contributed by atoms with E-state index in [-0.39, 0.29) is 0 Å². The highest BCUT2D eigenvalue weighted by Gasteiger charge is 2.15. The van der Waals surface area contributed by atoms with Gasteiger partial charge in [0.2, 0.25) is 0 Å². The van der Waals surface area contributed by atoms with Crippen LogP contribution >= 0.6 is 15.9 Å². The fraction of sp³-hybridized carbons (Fsp3) is 0.600. The molecule has 1 unspecified atom stereocenters. The van der Waals surface area contributed by atoms with Crippen LogP contribution in [0.1, 0.15) is 18.5 Å². The summed E-state index contributed by atoms with van der Waals surface area (Å²) in [6, 6.07) is 1.94. The van der Waals surface area contributed by atoms with Crippen molar-refractivity contribution in [2.75, 3.05) is 18.9 Å². The molecule has 1 aromatic heterocycles. The third-order valence-corrected chi connectivity index (χ3v) is 3.21. The topological polar surface area (TPSA) is 61.0 Å². The molecule has 2 N–H and O–H groups in total. The van der Waals surface area contributed by atoms with Gasteiger partial charge < -0.3 is 10.5 Å². The summed E-state index contributed by atoms with van der Waals surface area (Å²) in [7, 11) is 0. The Morgan fingerprint density at radius 1 is 1.53 bits per heavy atom. The summed E-state index contributed by atoms with van der Waals surface area (Å²) in [5, 5.41) is 7.96. The molecule has 1 aliphatic heterocycles. The largest absolute Gasteiger partial charge is 0.381 e. The van der Waals surface area contributed by atoms with E-state index >= 15 is 0 Å². The average Bonchev–Trinajstić information content (AvgIpc) is 2.25. The van der Waals surface area contributed by atoms with Gasteiger partial charge in [0.25, 0.3) is 0 Å². The number of ether oxygens (including phenoxy) is 1. The molecule has 1 atom stereocenters. The number of anilines is 1. The van der Waals surface area contributed by atoms with Crippen molar-refractivity contribution in [2.24, 2.45) is 5.92 Å². The van der Waals surface area contributed by atoms with Crippen molar-refractivity contribution in [3.8, 4) is 0 Å². The van der Waals surface area contributed by atoms with Gasteiger partial charge in [-0.2, -0.15) is 5.10 Å².